The Morgan fingerprint density at radius 3 is 2.32 bits per heavy atom. The Bertz CT molecular complexity index is 245. The molecule has 0 amide bonds. The predicted molar refractivity (Wildman–Crippen MR) is 85.0 cm³/mol. The summed E-state index contributed by atoms with van der Waals surface area (Å²) in [7, 11) is 2.31. The standard InChI is InChI=1S/C16H31NOS/c1-17(12-15-6-10-18-11-7-15)13-16(14-19)8-4-2-3-5-9-16/h15,19H,2-14H2,1H3. The van der Waals surface area contributed by atoms with E-state index in [0.717, 1.165) is 24.9 Å². The molecule has 0 radical (unpaired) electrons. The molecule has 1 saturated heterocycles. The zero-order valence-electron chi connectivity index (χ0n) is 12.6. The third-order valence-corrected chi connectivity index (χ3v) is 5.69. The van der Waals surface area contributed by atoms with Gasteiger partial charge < -0.3 is 9.64 Å². The molecule has 112 valence electrons. The highest BCUT2D eigenvalue weighted by Gasteiger charge is 2.31. The summed E-state index contributed by atoms with van der Waals surface area (Å²) in [6, 6.07) is 0. The summed E-state index contributed by atoms with van der Waals surface area (Å²) in [5.74, 6) is 1.91. The van der Waals surface area contributed by atoms with Crippen molar-refractivity contribution in [1.29, 1.82) is 0 Å². The maximum Gasteiger partial charge on any atom is 0.0469 e. The number of ether oxygens (including phenoxy) is 1. The van der Waals surface area contributed by atoms with Gasteiger partial charge >= 0.3 is 0 Å². The van der Waals surface area contributed by atoms with Gasteiger partial charge in [0, 0.05) is 26.3 Å². The Hall–Kier alpha value is 0.270. The SMILES string of the molecule is CN(CC1CCOCC1)CC1(CS)CCCCCC1. The fourth-order valence-corrected chi connectivity index (χ4v) is 4.27. The van der Waals surface area contributed by atoms with Gasteiger partial charge in [0.2, 0.25) is 0 Å². The molecule has 0 aromatic rings. The van der Waals surface area contributed by atoms with Crippen molar-refractivity contribution in [2.24, 2.45) is 11.3 Å². The van der Waals surface area contributed by atoms with Crippen LogP contribution < -0.4 is 0 Å². The first kappa shape index (κ1) is 15.7. The number of rotatable bonds is 5. The molecule has 0 atom stereocenters. The van der Waals surface area contributed by atoms with Crippen molar-refractivity contribution in [1.82, 2.24) is 4.90 Å². The van der Waals surface area contributed by atoms with Crippen molar-refractivity contribution in [3.63, 3.8) is 0 Å². The number of nitrogens with zero attached hydrogens (tertiary/aromatic N) is 1. The van der Waals surface area contributed by atoms with Gasteiger partial charge in [0.25, 0.3) is 0 Å². The third kappa shape index (κ3) is 4.95. The molecule has 0 aromatic heterocycles. The van der Waals surface area contributed by atoms with Gasteiger partial charge in [-0.1, -0.05) is 25.7 Å². The number of hydrogen-bond acceptors (Lipinski definition) is 3. The molecular formula is C16H31NOS. The predicted octanol–water partition coefficient (Wildman–Crippen LogP) is 3.62. The van der Waals surface area contributed by atoms with Crippen LogP contribution >= 0.6 is 12.6 Å². The van der Waals surface area contributed by atoms with Crippen LogP contribution in [-0.4, -0.2) is 44.0 Å². The minimum absolute atomic E-state index is 0.486. The first-order chi connectivity index (χ1) is 9.24. The Morgan fingerprint density at radius 1 is 1.11 bits per heavy atom. The monoisotopic (exact) mass is 285 g/mol. The van der Waals surface area contributed by atoms with E-state index in [9.17, 15) is 0 Å². The zero-order valence-corrected chi connectivity index (χ0v) is 13.5. The van der Waals surface area contributed by atoms with Crippen LogP contribution in [-0.2, 0) is 4.74 Å². The van der Waals surface area contributed by atoms with Gasteiger partial charge in [-0.25, -0.2) is 0 Å². The first-order valence-corrected chi connectivity index (χ1v) is 8.74. The molecule has 2 rings (SSSR count). The molecule has 0 aromatic carbocycles. The van der Waals surface area contributed by atoms with E-state index in [4.69, 9.17) is 17.4 Å². The smallest absolute Gasteiger partial charge is 0.0469 e. The highest BCUT2D eigenvalue weighted by molar-refractivity contribution is 7.80. The van der Waals surface area contributed by atoms with Gasteiger partial charge in [0.15, 0.2) is 0 Å². The van der Waals surface area contributed by atoms with Crippen molar-refractivity contribution in [3.05, 3.63) is 0 Å². The maximum absolute atomic E-state index is 5.46. The van der Waals surface area contributed by atoms with E-state index in [0.29, 0.717) is 5.41 Å². The Labute approximate surface area is 124 Å². The average molecular weight is 285 g/mol. The molecule has 0 N–H and O–H groups in total. The summed E-state index contributed by atoms with van der Waals surface area (Å²) >= 11 is 4.69. The van der Waals surface area contributed by atoms with Crippen molar-refractivity contribution in [2.45, 2.75) is 51.4 Å². The highest BCUT2D eigenvalue weighted by Crippen LogP contribution is 2.37. The van der Waals surface area contributed by atoms with Crippen LogP contribution in [0.5, 0.6) is 0 Å². The fraction of sp³-hybridized carbons (Fsp3) is 1.00. The summed E-state index contributed by atoms with van der Waals surface area (Å²) in [5, 5.41) is 0. The van der Waals surface area contributed by atoms with E-state index in [1.54, 1.807) is 0 Å². The summed E-state index contributed by atoms with van der Waals surface area (Å²) < 4.78 is 5.46. The lowest BCUT2D eigenvalue weighted by atomic mass is 9.81. The minimum atomic E-state index is 0.486. The van der Waals surface area contributed by atoms with Crippen LogP contribution in [0, 0.1) is 11.3 Å². The molecule has 0 bridgehead atoms. The quantitative estimate of drug-likeness (QED) is 0.612. The van der Waals surface area contributed by atoms with E-state index in [1.807, 2.05) is 0 Å². The van der Waals surface area contributed by atoms with E-state index in [-0.39, 0.29) is 0 Å². The molecule has 0 spiro atoms. The van der Waals surface area contributed by atoms with Gasteiger partial charge in [0.1, 0.15) is 0 Å². The van der Waals surface area contributed by atoms with E-state index >= 15 is 0 Å². The third-order valence-electron chi connectivity index (χ3n) is 5.02. The average Bonchev–Trinajstić information content (AvgIpc) is 2.66. The second-order valence-electron chi connectivity index (χ2n) is 6.82. The van der Waals surface area contributed by atoms with Gasteiger partial charge in [-0.2, -0.15) is 12.6 Å². The van der Waals surface area contributed by atoms with Gasteiger partial charge in [-0.3, -0.25) is 0 Å². The molecule has 1 aliphatic carbocycles. The Morgan fingerprint density at radius 2 is 1.74 bits per heavy atom. The zero-order chi connectivity index (χ0) is 13.6. The van der Waals surface area contributed by atoms with E-state index < -0.39 is 0 Å². The van der Waals surface area contributed by atoms with Crippen LogP contribution in [0.2, 0.25) is 0 Å². The molecule has 3 heteroatoms. The van der Waals surface area contributed by atoms with Gasteiger partial charge in [0.05, 0.1) is 0 Å². The van der Waals surface area contributed by atoms with Crippen LogP contribution in [0.25, 0.3) is 0 Å². The molecule has 2 fully saturated rings. The van der Waals surface area contributed by atoms with E-state index in [1.165, 1.54) is 64.5 Å². The number of thiol groups is 1. The summed E-state index contributed by atoms with van der Waals surface area (Å²) in [5.41, 5.74) is 0.486. The van der Waals surface area contributed by atoms with Crippen LogP contribution in [0.4, 0.5) is 0 Å². The lowest BCUT2D eigenvalue weighted by molar-refractivity contribution is 0.0496. The molecule has 0 unspecified atom stereocenters. The first-order valence-electron chi connectivity index (χ1n) is 8.11. The largest absolute Gasteiger partial charge is 0.381 e. The highest BCUT2D eigenvalue weighted by atomic mass is 32.1. The minimum Gasteiger partial charge on any atom is -0.381 e. The van der Waals surface area contributed by atoms with Crippen molar-refractivity contribution in [3.8, 4) is 0 Å². The molecule has 19 heavy (non-hydrogen) atoms. The summed E-state index contributed by atoms with van der Waals surface area (Å²) in [4.78, 5) is 2.58. The Kier molecular flexibility index (Phi) is 6.51. The Balaban J connectivity index is 1.82. The lowest BCUT2D eigenvalue weighted by Gasteiger charge is -2.37. The van der Waals surface area contributed by atoms with Gasteiger partial charge in [-0.05, 0) is 49.8 Å². The number of hydrogen-bond donors (Lipinski definition) is 1. The molecular weight excluding hydrogens is 254 g/mol. The second-order valence-corrected chi connectivity index (χ2v) is 7.14. The van der Waals surface area contributed by atoms with Crippen LogP contribution in [0.1, 0.15) is 51.4 Å². The lowest BCUT2D eigenvalue weighted by Crippen LogP contribution is -2.40. The van der Waals surface area contributed by atoms with Crippen LogP contribution in [0.15, 0.2) is 0 Å². The fourth-order valence-electron chi connectivity index (χ4n) is 3.85. The molecule has 1 saturated carbocycles. The van der Waals surface area contributed by atoms with Gasteiger partial charge in [-0.15, -0.1) is 0 Å². The van der Waals surface area contributed by atoms with Crippen LogP contribution in [0.3, 0.4) is 0 Å². The summed E-state index contributed by atoms with van der Waals surface area (Å²) in [6.07, 6.45) is 10.9. The normalized spacial score (nSPS) is 25.4. The molecule has 1 aliphatic heterocycles. The maximum atomic E-state index is 5.46. The molecule has 2 aliphatic rings. The summed E-state index contributed by atoms with van der Waals surface area (Å²) in [6.45, 7) is 4.43. The van der Waals surface area contributed by atoms with E-state index in [2.05, 4.69) is 11.9 Å². The van der Waals surface area contributed by atoms with Crippen molar-refractivity contribution < 1.29 is 4.74 Å². The molecule has 1 heterocycles. The second kappa shape index (κ2) is 7.90. The van der Waals surface area contributed by atoms with Crippen molar-refractivity contribution >= 4 is 12.6 Å². The molecule has 2 nitrogen and oxygen atoms in total. The topological polar surface area (TPSA) is 12.5 Å². The van der Waals surface area contributed by atoms with Crippen molar-refractivity contribution in [2.75, 3.05) is 39.1 Å².